The number of methoxy groups -OCH3 is 1. The standard InChI is InChI=1S/C14H17N3O2/c1-19-12-4-2-10-3-5-13(18)17(14(10)16-12)11-6-8-15-9-7-11/h2-5,11,15H,6-9H2,1H3. The Balaban J connectivity index is 2.19. The average Bonchev–Trinajstić information content (AvgIpc) is 2.47. The molecule has 3 rings (SSSR count). The number of aromatic nitrogens is 2. The van der Waals surface area contributed by atoms with Crippen LogP contribution in [0.15, 0.2) is 29.1 Å². The van der Waals surface area contributed by atoms with E-state index in [4.69, 9.17) is 4.74 Å². The van der Waals surface area contributed by atoms with Gasteiger partial charge in [-0.15, -0.1) is 0 Å². The number of hydrogen-bond acceptors (Lipinski definition) is 4. The van der Waals surface area contributed by atoms with Crippen molar-refractivity contribution in [1.82, 2.24) is 14.9 Å². The van der Waals surface area contributed by atoms with Crippen LogP contribution < -0.4 is 15.6 Å². The smallest absolute Gasteiger partial charge is 0.252 e. The Labute approximate surface area is 111 Å². The van der Waals surface area contributed by atoms with Crippen LogP contribution in [0.3, 0.4) is 0 Å². The first-order valence-corrected chi connectivity index (χ1v) is 6.56. The summed E-state index contributed by atoms with van der Waals surface area (Å²) < 4.78 is 6.98. The molecular formula is C14H17N3O2. The van der Waals surface area contributed by atoms with E-state index in [9.17, 15) is 4.79 Å². The largest absolute Gasteiger partial charge is 0.481 e. The van der Waals surface area contributed by atoms with Crippen molar-refractivity contribution >= 4 is 11.0 Å². The van der Waals surface area contributed by atoms with E-state index in [0.29, 0.717) is 5.88 Å². The summed E-state index contributed by atoms with van der Waals surface area (Å²) in [5.41, 5.74) is 0.735. The number of hydrogen-bond donors (Lipinski definition) is 1. The Hall–Kier alpha value is -1.88. The van der Waals surface area contributed by atoms with Gasteiger partial charge in [-0.25, -0.2) is 0 Å². The second-order valence-electron chi connectivity index (χ2n) is 4.79. The molecule has 0 aliphatic carbocycles. The predicted octanol–water partition coefficient (Wildman–Crippen LogP) is 1.33. The molecule has 0 saturated carbocycles. The monoisotopic (exact) mass is 259 g/mol. The maximum absolute atomic E-state index is 12.2. The topological polar surface area (TPSA) is 56.1 Å². The zero-order valence-electron chi connectivity index (χ0n) is 10.9. The number of ether oxygens (including phenoxy) is 1. The first-order valence-electron chi connectivity index (χ1n) is 6.56. The molecule has 100 valence electrons. The van der Waals surface area contributed by atoms with Gasteiger partial charge in [0.25, 0.3) is 5.56 Å². The molecule has 0 unspecified atom stereocenters. The highest BCUT2D eigenvalue weighted by atomic mass is 16.5. The molecule has 0 spiro atoms. The van der Waals surface area contributed by atoms with Crippen LogP contribution in [-0.4, -0.2) is 29.8 Å². The van der Waals surface area contributed by atoms with Gasteiger partial charge < -0.3 is 10.1 Å². The third kappa shape index (κ3) is 2.21. The van der Waals surface area contributed by atoms with Gasteiger partial charge in [0.05, 0.1) is 7.11 Å². The molecule has 3 heterocycles. The SMILES string of the molecule is COc1ccc2ccc(=O)n(C3CCNCC3)c2n1. The molecule has 1 aliphatic heterocycles. The number of nitrogens with one attached hydrogen (secondary N) is 1. The lowest BCUT2D eigenvalue weighted by molar-refractivity contribution is 0.364. The van der Waals surface area contributed by atoms with Crippen LogP contribution in [0.25, 0.3) is 11.0 Å². The molecule has 5 heteroatoms. The van der Waals surface area contributed by atoms with Crippen molar-refractivity contribution in [3.63, 3.8) is 0 Å². The van der Waals surface area contributed by atoms with Gasteiger partial charge in [0, 0.05) is 23.6 Å². The quantitative estimate of drug-likeness (QED) is 0.884. The maximum atomic E-state index is 12.2. The van der Waals surface area contributed by atoms with Crippen LogP contribution >= 0.6 is 0 Å². The summed E-state index contributed by atoms with van der Waals surface area (Å²) in [6.07, 6.45) is 1.91. The van der Waals surface area contributed by atoms with Crippen molar-refractivity contribution in [2.75, 3.05) is 20.2 Å². The number of nitrogens with zero attached hydrogens (tertiary/aromatic N) is 2. The Morgan fingerprint density at radius 3 is 2.74 bits per heavy atom. The molecule has 5 nitrogen and oxygen atoms in total. The minimum atomic E-state index is 0.0140. The van der Waals surface area contributed by atoms with Gasteiger partial charge >= 0.3 is 0 Å². The van der Waals surface area contributed by atoms with Crippen LogP contribution in [-0.2, 0) is 0 Å². The van der Waals surface area contributed by atoms with Crippen LogP contribution in [0.5, 0.6) is 5.88 Å². The lowest BCUT2D eigenvalue weighted by Crippen LogP contribution is -2.34. The number of fused-ring (bicyclic) bond motifs is 1. The lowest BCUT2D eigenvalue weighted by atomic mass is 10.1. The lowest BCUT2D eigenvalue weighted by Gasteiger charge is -2.25. The molecule has 0 radical (unpaired) electrons. The van der Waals surface area contributed by atoms with Crippen LogP contribution in [0.4, 0.5) is 0 Å². The van der Waals surface area contributed by atoms with E-state index >= 15 is 0 Å². The van der Waals surface area contributed by atoms with Crippen LogP contribution in [0.2, 0.25) is 0 Å². The second kappa shape index (κ2) is 5.01. The highest BCUT2D eigenvalue weighted by molar-refractivity contribution is 5.75. The first-order chi connectivity index (χ1) is 9.29. The summed E-state index contributed by atoms with van der Waals surface area (Å²) in [6, 6.07) is 7.43. The third-order valence-electron chi connectivity index (χ3n) is 3.63. The number of rotatable bonds is 2. The van der Waals surface area contributed by atoms with E-state index < -0.39 is 0 Å². The van der Waals surface area contributed by atoms with Crippen LogP contribution in [0, 0.1) is 0 Å². The van der Waals surface area contributed by atoms with Gasteiger partial charge in [-0.05, 0) is 38.1 Å². The van der Waals surface area contributed by atoms with E-state index in [2.05, 4.69) is 10.3 Å². The predicted molar refractivity (Wildman–Crippen MR) is 73.7 cm³/mol. The van der Waals surface area contributed by atoms with Gasteiger partial charge in [0.1, 0.15) is 5.65 Å². The van der Waals surface area contributed by atoms with Crippen LogP contribution in [0.1, 0.15) is 18.9 Å². The molecule has 2 aromatic heterocycles. The molecule has 1 aliphatic rings. The summed E-state index contributed by atoms with van der Waals surface area (Å²) >= 11 is 0. The zero-order valence-corrected chi connectivity index (χ0v) is 10.9. The zero-order chi connectivity index (χ0) is 13.2. The fraction of sp³-hybridized carbons (Fsp3) is 0.429. The summed E-state index contributed by atoms with van der Waals surface area (Å²) in [7, 11) is 1.59. The molecule has 0 bridgehead atoms. The fourth-order valence-corrected chi connectivity index (χ4v) is 2.64. The minimum Gasteiger partial charge on any atom is -0.481 e. The summed E-state index contributed by atoms with van der Waals surface area (Å²) in [5, 5.41) is 4.29. The van der Waals surface area contributed by atoms with Gasteiger partial charge in [-0.3, -0.25) is 9.36 Å². The Kier molecular flexibility index (Phi) is 3.21. The molecule has 19 heavy (non-hydrogen) atoms. The second-order valence-corrected chi connectivity index (χ2v) is 4.79. The van der Waals surface area contributed by atoms with Crippen molar-refractivity contribution in [2.45, 2.75) is 18.9 Å². The van der Waals surface area contributed by atoms with E-state index in [1.165, 1.54) is 0 Å². The van der Waals surface area contributed by atoms with Crippen molar-refractivity contribution in [3.8, 4) is 5.88 Å². The number of pyridine rings is 2. The maximum Gasteiger partial charge on any atom is 0.252 e. The van der Waals surface area contributed by atoms with E-state index in [1.807, 2.05) is 22.8 Å². The summed E-state index contributed by atoms with van der Waals surface area (Å²) in [5.74, 6) is 0.542. The summed E-state index contributed by atoms with van der Waals surface area (Å²) in [4.78, 5) is 16.6. The molecule has 1 N–H and O–H groups in total. The fourth-order valence-electron chi connectivity index (χ4n) is 2.64. The van der Waals surface area contributed by atoms with E-state index in [1.54, 1.807) is 13.2 Å². The van der Waals surface area contributed by atoms with Crippen molar-refractivity contribution < 1.29 is 4.74 Å². The van der Waals surface area contributed by atoms with Gasteiger partial charge in [-0.2, -0.15) is 4.98 Å². The third-order valence-corrected chi connectivity index (χ3v) is 3.63. The molecule has 1 fully saturated rings. The Morgan fingerprint density at radius 2 is 2.00 bits per heavy atom. The highest BCUT2D eigenvalue weighted by Gasteiger charge is 2.18. The van der Waals surface area contributed by atoms with Gasteiger partial charge in [0.2, 0.25) is 5.88 Å². The Morgan fingerprint density at radius 1 is 1.26 bits per heavy atom. The van der Waals surface area contributed by atoms with E-state index in [-0.39, 0.29) is 11.6 Å². The molecule has 0 amide bonds. The van der Waals surface area contributed by atoms with Crippen molar-refractivity contribution in [2.24, 2.45) is 0 Å². The highest BCUT2D eigenvalue weighted by Crippen LogP contribution is 2.22. The van der Waals surface area contributed by atoms with E-state index in [0.717, 1.165) is 37.0 Å². The minimum absolute atomic E-state index is 0.0140. The Bertz CT molecular complexity index is 645. The van der Waals surface area contributed by atoms with Gasteiger partial charge in [-0.1, -0.05) is 0 Å². The molecular weight excluding hydrogens is 242 g/mol. The average molecular weight is 259 g/mol. The number of piperidine rings is 1. The molecule has 2 aromatic rings. The molecule has 0 aromatic carbocycles. The summed E-state index contributed by atoms with van der Waals surface area (Å²) in [6.45, 7) is 1.88. The van der Waals surface area contributed by atoms with Gasteiger partial charge in [0.15, 0.2) is 0 Å². The van der Waals surface area contributed by atoms with Crippen molar-refractivity contribution in [3.05, 3.63) is 34.6 Å². The van der Waals surface area contributed by atoms with Crippen molar-refractivity contribution in [1.29, 1.82) is 0 Å². The first kappa shape index (κ1) is 12.2. The normalized spacial score (nSPS) is 16.7. The molecule has 1 saturated heterocycles. The molecule has 0 atom stereocenters.